The number of anilines is 1. The van der Waals surface area contributed by atoms with Crippen LogP contribution in [0.15, 0.2) is 6.33 Å². The summed E-state index contributed by atoms with van der Waals surface area (Å²) < 4.78 is 1.36. The second-order valence-corrected chi connectivity index (χ2v) is 4.21. The Morgan fingerprint density at radius 2 is 2.38 bits per heavy atom. The predicted octanol–water partition coefficient (Wildman–Crippen LogP) is -0.862. The number of nitrogens with two attached hydrogens (primary N) is 1. The molecule has 0 aliphatic heterocycles. The molecule has 16 heavy (non-hydrogen) atoms. The standard InChI is InChI=1S/C9H17N5O2/c1-9(2,3-4-15)12-7(16)5-14-6-11-8(10)13-14/h6,15H,3-5H2,1-2H3,(H2,10,13)(H,12,16). The fourth-order valence-electron chi connectivity index (χ4n) is 1.29. The average Bonchev–Trinajstić information content (AvgIpc) is 2.49. The molecule has 0 saturated carbocycles. The lowest BCUT2D eigenvalue weighted by Crippen LogP contribution is -2.45. The van der Waals surface area contributed by atoms with Crippen molar-refractivity contribution >= 4 is 11.9 Å². The summed E-state index contributed by atoms with van der Waals surface area (Å²) in [5.41, 5.74) is 4.89. The van der Waals surface area contributed by atoms with Gasteiger partial charge in [-0.1, -0.05) is 0 Å². The van der Waals surface area contributed by atoms with E-state index in [9.17, 15) is 4.79 Å². The zero-order chi connectivity index (χ0) is 12.2. The molecular weight excluding hydrogens is 210 g/mol. The van der Waals surface area contributed by atoms with E-state index in [1.165, 1.54) is 11.0 Å². The molecule has 7 heteroatoms. The van der Waals surface area contributed by atoms with E-state index in [0.29, 0.717) is 6.42 Å². The SMILES string of the molecule is CC(C)(CCO)NC(=O)Cn1cnc(N)n1. The normalized spacial score (nSPS) is 11.4. The number of rotatable bonds is 5. The molecule has 1 rings (SSSR count). The van der Waals surface area contributed by atoms with Crippen LogP contribution in [-0.4, -0.2) is 37.9 Å². The largest absolute Gasteiger partial charge is 0.396 e. The van der Waals surface area contributed by atoms with Crippen LogP contribution in [0.25, 0.3) is 0 Å². The fraction of sp³-hybridized carbons (Fsp3) is 0.667. The highest BCUT2D eigenvalue weighted by molar-refractivity contribution is 5.76. The number of nitrogens with one attached hydrogen (secondary N) is 1. The highest BCUT2D eigenvalue weighted by atomic mass is 16.3. The van der Waals surface area contributed by atoms with Crippen LogP contribution >= 0.6 is 0 Å². The summed E-state index contributed by atoms with van der Waals surface area (Å²) in [7, 11) is 0. The van der Waals surface area contributed by atoms with E-state index < -0.39 is 5.54 Å². The molecule has 0 atom stereocenters. The molecule has 0 bridgehead atoms. The first kappa shape index (κ1) is 12.4. The summed E-state index contributed by atoms with van der Waals surface area (Å²) in [6.07, 6.45) is 1.90. The smallest absolute Gasteiger partial charge is 0.242 e. The Labute approximate surface area is 93.7 Å². The first-order chi connectivity index (χ1) is 7.43. The predicted molar refractivity (Wildman–Crippen MR) is 58.4 cm³/mol. The van der Waals surface area contributed by atoms with Crippen molar-refractivity contribution in [2.45, 2.75) is 32.4 Å². The van der Waals surface area contributed by atoms with E-state index in [0.717, 1.165) is 0 Å². The summed E-state index contributed by atoms with van der Waals surface area (Å²) >= 11 is 0. The number of nitrogen functional groups attached to an aromatic ring is 1. The minimum Gasteiger partial charge on any atom is -0.396 e. The zero-order valence-electron chi connectivity index (χ0n) is 9.47. The van der Waals surface area contributed by atoms with Gasteiger partial charge < -0.3 is 16.2 Å². The van der Waals surface area contributed by atoms with Crippen LogP contribution in [0.2, 0.25) is 0 Å². The number of amides is 1. The molecule has 1 amide bonds. The van der Waals surface area contributed by atoms with Gasteiger partial charge in [-0.3, -0.25) is 4.79 Å². The van der Waals surface area contributed by atoms with Gasteiger partial charge in [-0.2, -0.15) is 0 Å². The van der Waals surface area contributed by atoms with Gasteiger partial charge in [0.05, 0.1) is 0 Å². The van der Waals surface area contributed by atoms with Gasteiger partial charge in [0.2, 0.25) is 11.9 Å². The van der Waals surface area contributed by atoms with Crippen molar-refractivity contribution in [2.24, 2.45) is 0 Å². The van der Waals surface area contributed by atoms with Gasteiger partial charge >= 0.3 is 0 Å². The number of aliphatic hydroxyl groups is 1. The molecule has 4 N–H and O–H groups in total. The Balaban J connectivity index is 2.47. The maximum Gasteiger partial charge on any atom is 0.242 e. The zero-order valence-corrected chi connectivity index (χ0v) is 9.47. The second-order valence-electron chi connectivity index (χ2n) is 4.21. The number of aromatic nitrogens is 3. The van der Waals surface area contributed by atoms with Gasteiger partial charge in [0, 0.05) is 12.1 Å². The molecular formula is C9H17N5O2. The number of carbonyl (C=O) groups is 1. The Morgan fingerprint density at radius 1 is 1.69 bits per heavy atom. The number of hydrogen-bond acceptors (Lipinski definition) is 5. The quantitative estimate of drug-likeness (QED) is 0.606. The van der Waals surface area contributed by atoms with E-state index in [2.05, 4.69) is 15.4 Å². The Morgan fingerprint density at radius 3 is 2.88 bits per heavy atom. The summed E-state index contributed by atoms with van der Waals surface area (Å²) in [6.45, 7) is 3.79. The van der Waals surface area contributed by atoms with Gasteiger partial charge in [-0.25, -0.2) is 9.67 Å². The lowest BCUT2D eigenvalue weighted by atomic mass is 10.0. The highest BCUT2D eigenvalue weighted by Gasteiger charge is 2.19. The van der Waals surface area contributed by atoms with Crippen LogP contribution in [0.1, 0.15) is 20.3 Å². The van der Waals surface area contributed by atoms with Gasteiger partial charge in [0.15, 0.2) is 0 Å². The lowest BCUT2D eigenvalue weighted by molar-refractivity contribution is -0.123. The van der Waals surface area contributed by atoms with Crippen molar-refractivity contribution in [2.75, 3.05) is 12.3 Å². The number of carbonyl (C=O) groups excluding carboxylic acids is 1. The summed E-state index contributed by atoms with van der Waals surface area (Å²) in [5.74, 6) is -0.0502. The molecule has 0 aromatic carbocycles. The highest BCUT2D eigenvalue weighted by Crippen LogP contribution is 2.06. The van der Waals surface area contributed by atoms with Crippen molar-refractivity contribution < 1.29 is 9.90 Å². The molecule has 1 heterocycles. The maximum atomic E-state index is 11.6. The molecule has 0 spiro atoms. The number of hydrogen-bond donors (Lipinski definition) is 3. The van der Waals surface area contributed by atoms with Crippen LogP contribution in [0, 0.1) is 0 Å². The maximum absolute atomic E-state index is 11.6. The summed E-state index contributed by atoms with van der Waals surface area (Å²) in [6, 6.07) is 0. The average molecular weight is 227 g/mol. The molecule has 0 saturated heterocycles. The lowest BCUT2D eigenvalue weighted by Gasteiger charge is -2.25. The molecule has 0 aliphatic carbocycles. The van der Waals surface area contributed by atoms with Crippen molar-refractivity contribution in [3.05, 3.63) is 6.33 Å². The van der Waals surface area contributed by atoms with Crippen molar-refractivity contribution in [3.63, 3.8) is 0 Å². The minimum atomic E-state index is -0.433. The molecule has 7 nitrogen and oxygen atoms in total. The molecule has 0 aliphatic rings. The van der Waals surface area contributed by atoms with E-state index in [4.69, 9.17) is 10.8 Å². The monoisotopic (exact) mass is 227 g/mol. The van der Waals surface area contributed by atoms with Crippen molar-refractivity contribution in [3.8, 4) is 0 Å². The minimum absolute atomic E-state index is 0.0313. The van der Waals surface area contributed by atoms with Crippen LogP contribution in [0.4, 0.5) is 5.95 Å². The summed E-state index contributed by atoms with van der Waals surface area (Å²) in [5, 5.41) is 15.4. The molecule has 1 aromatic heterocycles. The summed E-state index contributed by atoms with van der Waals surface area (Å²) in [4.78, 5) is 15.3. The van der Waals surface area contributed by atoms with Gasteiger partial charge in [0.1, 0.15) is 12.9 Å². The van der Waals surface area contributed by atoms with E-state index in [1.807, 2.05) is 13.8 Å². The topological polar surface area (TPSA) is 106 Å². The van der Waals surface area contributed by atoms with E-state index in [1.54, 1.807) is 0 Å². The molecule has 0 unspecified atom stereocenters. The van der Waals surface area contributed by atoms with E-state index >= 15 is 0 Å². The van der Waals surface area contributed by atoms with E-state index in [-0.39, 0.29) is 25.0 Å². The molecule has 90 valence electrons. The number of aliphatic hydroxyl groups excluding tert-OH is 1. The Hall–Kier alpha value is -1.63. The van der Waals surface area contributed by atoms with Crippen LogP contribution in [0.5, 0.6) is 0 Å². The van der Waals surface area contributed by atoms with Crippen molar-refractivity contribution in [1.29, 1.82) is 0 Å². The van der Waals surface area contributed by atoms with Crippen molar-refractivity contribution in [1.82, 2.24) is 20.1 Å². The van der Waals surface area contributed by atoms with Gasteiger partial charge in [0.25, 0.3) is 0 Å². The number of nitrogens with zero attached hydrogens (tertiary/aromatic N) is 3. The first-order valence-corrected chi connectivity index (χ1v) is 5.00. The Bertz CT molecular complexity index is 361. The molecule has 1 aromatic rings. The Kier molecular flexibility index (Phi) is 3.83. The third-order valence-electron chi connectivity index (χ3n) is 2.07. The third-order valence-corrected chi connectivity index (χ3v) is 2.07. The molecule has 0 fully saturated rings. The van der Waals surface area contributed by atoms with Crippen LogP contribution < -0.4 is 11.1 Å². The molecule has 0 radical (unpaired) electrons. The van der Waals surface area contributed by atoms with Gasteiger partial charge in [-0.05, 0) is 20.3 Å². The third kappa shape index (κ3) is 3.85. The fourth-order valence-corrected chi connectivity index (χ4v) is 1.29. The second kappa shape index (κ2) is 4.93. The van der Waals surface area contributed by atoms with Crippen LogP contribution in [0.3, 0.4) is 0 Å². The first-order valence-electron chi connectivity index (χ1n) is 5.00. The van der Waals surface area contributed by atoms with Gasteiger partial charge in [-0.15, -0.1) is 5.10 Å². The van der Waals surface area contributed by atoms with Crippen LogP contribution in [-0.2, 0) is 11.3 Å².